The number of phenolic OH excluding ortho intramolecular Hbond substituents is 1. The molecule has 4 unspecified atom stereocenters. The van der Waals surface area contributed by atoms with E-state index in [0.29, 0.717) is 24.0 Å². The Morgan fingerprint density at radius 3 is 2.42 bits per heavy atom. The van der Waals surface area contributed by atoms with Gasteiger partial charge >= 0.3 is 5.97 Å². The molecule has 1 aliphatic carbocycles. The van der Waals surface area contributed by atoms with Gasteiger partial charge in [-0.15, -0.1) is 0 Å². The van der Waals surface area contributed by atoms with Crippen molar-refractivity contribution in [3.8, 4) is 11.5 Å². The van der Waals surface area contributed by atoms with Gasteiger partial charge in [-0.25, -0.2) is 0 Å². The van der Waals surface area contributed by atoms with Gasteiger partial charge in [0.2, 0.25) is 11.8 Å². The largest absolute Gasteiger partial charge is 0.504 e. The topological polar surface area (TPSA) is 159 Å². The molecule has 200 valence electrons. The highest BCUT2D eigenvalue weighted by Crippen LogP contribution is 2.52. The smallest absolute Gasteiger partial charge is 0.325 e. The Kier molecular flexibility index (Phi) is 6.56. The lowest BCUT2D eigenvalue weighted by Gasteiger charge is -2.34. The zero-order chi connectivity index (χ0) is 27.2. The highest BCUT2D eigenvalue weighted by atomic mass is 16.6. The number of fused-ring (bicyclic) bond motifs is 1. The van der Waals surface area contributed by atoms with Crippen LogP contribution in [0.3, 0.4) is 0 Å². The number of rotatable bonds is 7. The summed E-state index contributed by atoms with van der Waals surface area (Å²) in [5.41, 5.74) is -0.995. The summed E-state index contributed by atoms with van der Waals surface area (Å²) >= 11 is 0. The second-order valence-corrected chi connectivity index (χ2v) is 10.3. The predicted octanol–water partition coefficient (Wildman–Crippen LogP) is 2.95. The van der Waals surface area contributed by atoms with Crippen LogP contribution < -0.4 is 10.1 Å². The van der Waals surface area contributed by atoms with Gasteiger partial charge in [-0.05, 0) is 36.1 Å². The number of nitrogens with one attached hydrogen (secondary N) is 1. The lowest BCUT2D eigenvalue weighted by Crippen LogP contribution is -2.58. The van der Waals surface area contributed by atoms with E-state index in [1.165, 1.54) is 48.4 Å². The summed E-state index contributed by atoms with van der Waals surface area (Å²) < 4.78 is 5.23. The molecule has 2 heterocycles. The van der Waals surface area contributed by atoms with Crippen LogP contribution >= 0.6 is 0 Å². The predicted molar refractivity (Wildman–Crippen MR) is 133 cm³/mol. The van der Waals surface area contributed by atoms with Crippen LogP contribution in [0.1, 0.15) is 49.3 Å². The Morgan fingerprint density at radius 1 is 1.13 bits per heavy atom. The second-order valence-electron chi connectivity index (χ2n) is 10.3. The molecule has 11 heteroatoms. The summed E-state index contributed by atoms with van der Waals surface area (Å²) in [6.45, 7) is 0. The zero-order valence-corrected chi connectivity index (χ0v) is 20.8. The number of phenols is 1. The van der Waals surface area contributed by atoms with Gasteiger partial charge in [-0.3, -0.25) is 34.7 Å². The number of ether oxygens (including phenoxy) is 1. The molecule has 2 aromatic rings. The summed E-state index contributed by atoms with van der Waals surface area (Å²) in [6, 6.07) is 8.93. The molecule has 0 aromatic heterocycles. The standard InChI is InChI=1S/C27H29N3O8/c1-38-20-13-16(9-12-19(20)31)23-21-22(25(33)29(24(21)32)17-5-3-2-4-6-17)27(28-23,26(34)35)14-15-7-10-18(11-8-15)30(36)37/h7-13,17,21-23,28,31H,2-6,14H2,1H3,(H,34,35). The Morgan fingerprint density at radius 2 is 1.82 bits per heavy atom. The lowest BCUT2D eigenvalue weighted by atomic mass is 9.76. The maximum Gasteiger partial charge on any atom is 0.325 e. The number of hydrogen-bond donors (Lipinski definition) is 3. The molecule has 1 saturated carbocycles. The molecule has 0 bridgehead atoms. The van der Waals surface area contributed by atoms with E-state index in [2.05, 4.69) is 5.32 Å². The first kappa shape index (κ1) is 25.7. The summed E-state index contributed by atoms with van der Waals surface area (Å²) in [5.74, 6) is -4.31. The number of benzene rings is 2. The van der Waals surface area contributed by atoms with Crippen molar-refractivity contribution in [2.24, 2.45) is 11.8 Å². The number of carbonyl (C=O) groups excluding carboxylic acids is 2. The first-order valence-electron chi connectivity index (χ1n) is 12.7. The molecule has 38 heavy (non-hydrogen) atoms. The average Bonchev–Trinajstić information content (AvgIpc) is 3.39. The molecule has 2 aromatic carbocycles. The number of non-ortho nitro benzene ring substituents is 1. The monoisotopic (exact) mass is 523 g/mol. The third-order valence-corrected chi connectivity index (χ3v) is 8.20. The molecule has 2 saturated heterocycles. The van der Waals surface area contributed by atoms with Gasteiger partial charge in [0.05, 0.1) is 23.9 Å². The number of hydrogen-bond acceptors (Lipinski definition) is 8. The van der Waals surface area contributed by atoms with E-state index >= 15 is 0 Å². The Hall–Kier alpha value is -3.99. The van der Waals surface area contributed by atoms with Gasteiger partial charge in [-0.2, -0.15) is 0 Å². The first-order valence-corrected chi connectivity index (χ1v) is 12.7. The molecule has 11 nitrogen and oxygen atoms in total. The maximum absolute atomic E-state index is 14.0. The van der Waals surface area contributed by atoms with Crippen LogP contribution in [0.25, 0.3) is 0 Å². The number of imide groups is 1. The molecule has 3 fully saturated rings. The highest BCUT2D eigenvalue weighted by molar-refractivity contribution is 6.09. The summed E-state index contributed by atoms with van der Waals surface area (Å²) in [7, 11) is 1.38. The molecular formula is C27H29N3O8. The molecule has 3 aliphatic rings. The SMILES string of the molecule is COc1cc(C2NC(Cc3ccc([N+](=O)[O-])cc3)(C(=O)O)C3C(=O)N(C4CCCCC4)C(=O)C23)ccc1O. The minimum Gasteiger partial charge on any atom is -0.504 e. The van der Waals surface area contributed by atoms with E-state index in [-0.39, 0.29) is 29.6 Å². The van der Waals surface area contributed by atoms with Gasteiger partial charge in [0.15, 0.2) is 11.5 Å². The lowest BCUT2D eigenvalue weighted by molar-refractivity contribution is -0.384. The molecule has 5 rings (SSSR count). The molecule has 2 aliphatic heterocycles. The third kappa shape index (κ3) is 4.07. The molecule has 0 radical (unpaired) electrons. The van der Waals surface area contributed by atoms with Crippen molar-refractivity contribution in [1.29, 1.82) is 0 Å². The van der Waals surface area contributed by atoms with Gasteiger partial charge in [-0.1, -0.05) is 37.5 Å². The first-order chi connectivity index (χ1) is 18.2. The number of nitro groups is 1. The Labute approximate surface area is 218 Å². The number of likely N-dealkylation sites (tertiary alicyclic amines) is 1. The highest BCUT2D eigenvalue weighted by Gasteiger charge is 2.69. The van der Waals surface area contributed by atoms with Crippen LogP contribution in [-0.4, -0.2) is 56.5 Å². The number of methoxy groups -OCH3 is 1. The quantitative estimate of drug-likeness (QED) is 0.282. The number of carboxylic acid groups (broad SMARTS) is 1. The number of nitro benzene ring substituents is 1. The number of carboxylic acids is 1. The van der Waals surface area contributed by atoms with Gasteiger partial charge in [0.1, 0.15) is 5.54 Å². The minimum absolute atomic E-state index is 0.112. The number of aliphatic carboxylic acids is 1. The number of nitrogens with zero attached hydrogens (tertiary/aromatic N) is 2. The summed E-state index contributed by atoms with van der Waals surface area (Å²) in [5, 5.41) is 34.9. The number of carbonyl (C=O) groups is 3. The van der Waals surface area contributed by atoms with E-state index in [1.54, 1.807) is 6.07 Å². The average molecular weight is 524 g/mol. The van der Waals surface area contributed by atoms with Crippen molar-refractivity contribution in [3.63, 3.8) is 0 Å². The third-order valence-electron chi connectivity index (χ3n) is 8.20. The van der Waals surface area contributed by atoms with Gasteiger partial charge < -0.3 is 14.9 Å². The number of aromatic hydroxyl groups is 1. The molecule has 2 amide bonds. The second kappa shape index (κ2) is 9.71. The van der Waals surface area contributed by atoms with Crippen molar-refractivity contribution in [2.45, 2.75) is 56.1 Å². The number of amides is 2. The maximum atomic E-state index is 14.0. The minimum atomic E-state index is -1.84. The fourth-order valence-electron chi connectivity index (χ4n) is 6.39. The fraction of sp³-hybridized carbons (Fsp3) is 0.444. The molecule has 3 N–H and O–H groups in total. The van der Waals surface area contributed by atoms with Crippen molar-refractivity contribution < 1.29 is 34.3 Å². The van der Waals surface area contributed by atoms with Crippen molar-refractivity contribution in [1.82, 2.24) is 10.2 Å². The van der Waals surface area contributed by atoms with Crippen LogP contribution in [-0.2, 0) is 20.8 Å². The van der Waals surface area contributed by atoms with E-state index in [1.807, 2.05) is 0 Å². The van der Waals surface area contributed by atoms with Crippen molar-refractivity contribution >= 4 is 23.5 Å². The van der Waals surface area contributed by atoms with Crippen LogP contribution in [0.2, 0.25) is 0 Å². The normalized spacial score (nSPS) is 27.4. The van der Waals surface area contributed by atoms with Crippen molar-refractivity contribution in [3.05, 3.63) is 63.7 Å². The van der Waals surface area contributed by atoms with Crippen LogP contribution in [0.5, 0.6) is 11.5 Å². The van der Waals surface area contributed by atoms with E-state index in [4.69, 9.17) is 4.74 Å². The van der Waals surface area contributed by atoms with Gasteiger partial charge in [0.25, 0.3) is 5.69 Å². The molecule has 0 spiro atoms. The van der Waals surface area contributed by atoms with E-state index in [9.17, 15) is 34.7 Å². The Balaban J connectivity index is 1.61. The van der Waals surface area contributed by atoms with Crippen LogP contribution in [0.15, 0.2) is 42.5 Å². The zero-order valence-electron chi connectivity index (χ0n) is 20.8. The molecule has 4 atom stereocenters. The Bertz CT molecular complexity index is 1290. The summed E-state index contributed by atoms with van der Waals surface area (Å²) in [4.78, 5) is 52.7. The van der Waals surface area contributed by atoms with Crippen molar-refractivity contribution in [2.75, 3.05) is 7.11 Å². The van der Waals surface area contributed by atoms with Crippen LogP contribution in [0, 0.1) is 22.0 Å². The fourth-order valence-corrected chi connectivity index (χ4v) is 6.39. The van der Waals surface area contributed by atoms with E-state index in [0.717, 1.165) is 19.3 Å². The van der Waals surface area contributed by atoms with Gasteiger partial charge in [0, 0.05) is 30.6 Å². The summed E-state index contributed by atoms with van der Waals surface area (Å²) in [6.07, 6.45) is 4.01. The molecular weight excluding hydrogens is 494 g/mol. The van der Waals surface area contributed by atoms with Crippen LogP contribution in [0.4, 0.5) is 5.69 Å². The van der Waals surface area contributed by atoms with E-state index < -0.39 is 46.1 Å².